The molecule has 0 aliphatic heterocycles. The van der Waals surface area contributed by atoms with E-state index >= 15 is 0 Å². The molecule has 2 N–H and O–H groups in total. The monoisotopic (exact) mass is 359 g/mol. The average Bonchev–Trinajstić information content (AvgIpc) is 2.65. The molecule has 0 fully saturated rings. The summed E-state index contributed by atoms with van der Waals surface area (Å²) in [6, 6.07) is 17.7. The molecule has 4 nitrogen and oxygen atoms in total. The van der Waals surface area contributed by atoms with Crippen LogP contribution in [-0.2, 0) is 0 Å². The third-order valence-electron chi connectivity index (χ3n) is 4.61. The fourth-order valence-electron chi connectivity index (χ4n) is 2.97. The molecule has 138 valence electrons. The normalized spacial score (nSPS) is 10.7. The topological polar surface area (TPSA) is 54.0 Å². The van der Waals surface area contributed by atoms with E-state index in [-0.39, 0.29) is 5.91 Å². The predicted octanol–water partition coefficient (Wildman–Crippen LogP) is 5.82. The molecular weight excluding hydrogens is 334 g/mol. The van der Waals surface area contributed by atoms with Crippen molar-refractivity contribution in [2.75, 3.05) is 10.6 Å². The largest absolute Gasteiger partial charge is 0.340 e. The summed E-state index contributed by atoms with van der Waals surface area (Å²) in [6.45, 7) is 8.30. The molecule has 27 heavy (non-hydrogen) atoms. The van der Waals surface area contributed by atoms with Gasteiger partial charge in [0, 0.05) is 17.6 Å². The van der Waals surface area contributed by atoms with E-state index in [1.54, 1.807) is 18.3 Å². The highest BCUT2D eigenvalue weighted by Gasteiger charge is 2.15. The molecule has 4 heteroatoms. The molecule has 1 aromatic heterocycles. The Hall–Kier alpha value is -3.14. The summed E-state index contributed by atoms with van der Waals surface area (Å²) in [7, 11) is 0. The van der Waals surface area contributed by atoms with Crippen LogP contribution in [0.2, 0.25) is 0 Å². The Morgan fingerprint density at radius 1 is 0.926 bits per heavy atom. The van der Waals surface area contributed by atoms with Crippen molar-refractivity contribution >= 4 is 23.1 Å². The van der Waals surface area contributed by atoms with Gasteiger partial charge in [0.25, 0.3) is 5.91 Å². The molecule has 3 aromatic rings. The summed E-state index contributed by atoms with van der Waals surface area (Å²) in [4.78, 5) is 17.2. The van der Waals surface area contributed by atoms with Gasteiger partial charge in [0.2, 0.25) is 0 Å². The molecule has 0 saturated carbocycles. The molecule has 0 unspecified atom stereocenters. The highest BCUT2D eigenvalue weighted by atomic mass is 16.1. The zero-order valence-corrected chi connectivity index (χ0v) is 16.2. The van der Waals surface area contributed by atoms with Crippen LogP contribution in [0.5, 0.6) is 0 Å². The van der Waals surface area contributed by atoms with Gasteiger partial charge >= 0.3 is 0 Å². The fraction of sp³-hybridized carbons (Fsp3) is 0.217. The SMILES string of the molecule is Cc1cccc(C)c1NC(=O)c1cccnc1Nc1ccc(C(C)C)cc1. The Kier molecular flexibility index (Phi) is 5.55. The van der Waals surface area contributed by atoms with Crippen molar-refractivity contribution in [2.45, 2.75) is 33.6 Å². The minimum atomic E-state index is -0.179. The van der Waals surface area contributed by atoms with Crippen molar-refractivity contribution in [1.82, 2.24) is 4.98 Å². The van der Waals surface area contributed by atoms with Crippen molar-refractivity contribution in [3.63, 3.8) is 0 Å². The number of nitrogens with zero attached hydrogens (tertiary/aromatic N) is 1. The van der Waals surface area contributed by atoms with E-state index in [2.05, 4.69) is 41.6 Å². The maximum Gasteiger partial charge on any atom is 0.259 e. The van der Waals surface area contributed by atoms with Gasteiger partial charge in [0.1, 0.15) is 5.82 Å². The van der Waals surface area contributed by atoms with E-state index in [0.717, 1.165) is 22.5 Å². The van der Waals surface area contributed by atoms with E-state index in [1.165, 1.54) is 5.56 Å². The summed E-state index contributed by atoms with van der Waals surface area (Å²) >= 11 is 0. The average molecular weight is 359 g/mol. The summed E-state index contributed by atoms with van der Waals surface area (Å²) in [5.74, 6) is 0.841. The second-order valence-electron chi connectivity index (χ2n) is 7.02. The lowest BCUT2D eigenvalue weighted by Gasteiger charge is -2.14. The van der Waals surface area contributed by atoms with E-state index < -0.39 is 0 Å². The number of carbonyl (C=O) groups excluding carboxylic acids is 1. The first kappa shape index (κ1) is 18.6. The van der Waals surface area contributed by atoms with Gasteiger partial charge in [0.15, 0.2) is 0 Å². The van der Waals surface area contributed by atoms with Gasteiger partial charge in [-0.1, -0.05) is 44.2 Å². The van der Waals surface area contributed by atoms with Gasteiger partial charge in [-0.05, 0) is 60.7 Å². The van der Waals surface area contributed by atoms with Crippen LogP contribution in [0.4, 0.5) is 17.2 Å². The molecule has 0 bridgehead atoms. The van der Waals surface area contributed by atoms with E-state index in [9.17, 15) is 4.79 Å². The van der Waals surface area contributed by atoms with Gasteiger partial charge < -0.3 is 10.6 Å². The van der Waals surface area contributed by atoms with Gasteiger partial charge in [-0.25, -0.2) is 4.98 Å². The number of hydrogen-bond acceptors (Lipinski definition) is 3. The van der Waals surface area contributed by atoms with Crippen LogP contribution < -0.4 is 10.6 Å². The summed E-state index contributed by atoms with van der Waals surface area (Å²) in [6.07, 6.45) is 1.68. The number of para-hydroxylation sites is 1. The van der Waals surface area contributed by atoms with Crippen LogP contribution in [0, 0.1) is 13.8 Å². The Morgan fingerprint density at radius 3 is 2.22 bits per heavy atom. The fourth-order valence-corrected chi connectivity index (χ4v) is 2.97. The predicted molar refractivity (Wildman–Crippen MR) is 112 cm³/mol. The van der Waals surface area contributed by atoms with Crippen molar-refractivity contribution in [1.29, 1.82) is 0 Å². The number of anilines is 3. The number of benzene rings is 2. The molecule has 3 rings (SSSR count). The molecule has 0 aliphatic rings. The van der Waals surface area contributed by atoms with Crippen LogP contribution in [0.3, 0.4) is 0 Å². The van der Waals surface area contributed by atoms with Crippen LogP contribution in [0.25, 0.3) is 0 Å². The quantitative estimate of drug-likeness (QED) is 0.604. The first-order chi connectivity index (χ1) is 13.0. The maximum atomic E-state index is 12.9. The smallest absolute Gasteiger partial charge is 0.259 e. The third kappa shape index (κ3) is 4.34. The highest BCUT2D eigenvalue weighted by Crippen LogP contribution is 2.24. The summed E-state index contributed by atoms with van der Waals surface area (Å²) < 4.78 is 0. The molecular formula is C23H25N3O. The number of nitrogens with one attached hydrogen (secondary N) is 2. The van der Waals surface area contributed by atoms with Gasteiger partial charge in [-0.15, -0.1) is 0 Å². The van der Waals surface area contributed by atoms with E-state index in [0.29, 0.717) is 17.3 Å². The molecule has 1 amide bonds. The zero-order chi connectivity index (χ0) is 19.4. The molecule has 0 spiro atoms. The van der Waals surface area contributed by atoms with Crippen molar-refractivity contribution in [3.05, 3.63) is 83.0 Å². The van der Waals surface area contributed by atoms with Crippen molar-refractivity contribution in [3.8, 4) is 0 Å². The lowest BCUT2D eigenvalue weighted by Crippen LogP contribution is -2.16. The Balaban J connectivity index is 1.84. The highest BCUT2D eigenvalue weighted by molar-refractivity contribution is 6.08. The number of hydrogen-bond donors (Lipinski definition) is 2. The van der Waals surface area contributed by atoms with Gasteiger partial charge in [0.05, 0.1) is 5.56 Å². The van der Waals surface area contributed by atoms with Gasteiger partial charge in [-0.3, -0.25) is 4.79 Å². The van der Waals surface area contributed by atoms with Crippen LogP contribution in [0.1, 0.15) is 46.8 Å². The molecule has 0 saturated heterocycles. The molecule has 1 heterocycles. The number of aryl methyl sites for hydroxylation is 2. The lowest BCUT2D eigenvalue weighted by atomic mass is 10.0. The maximum absolute atomic E-state index is 12.9. The van der Waals surface area contributed by atoms with Crippen LogP contribution in [-0.4, -0.2) is 10.9 Å². The number of carbonyl (C=O) groups is 1. The molecule has 0 aliphatic carbocycles. The first-order valence-electron chi connectivity index (χ1n) is 9.15. The summed E-state index contributed by atoms with van der Waals surface area (Å²) in [5, 5.41) is 6.29. The van der Waals surface area contributed by atoms with Crippen molar-refractivity contribution < 1.29 is 4.79 Å². The molecule has 2 aromatic carbocycles. The summed E-state index contributed by atoms with van der Waals surface area (Å²) in [5.41, 5.74) is 5.59. The third-order valence-corrected chi connectivity index (χ3v) is 4.61. The Bertz CT molecular complexity index is 926. The number of pyridine rings is 1. The molecule has 0 atom stereocenters. The van der Waals surface area contributed by atoms with Crippen LogP contribution in [0.15, 0.2) is 60.8 Å². The zero-order valence-electron chi connectivity index (χ0n) is 16.2. The number of rotatable bonds is 5. The first-order valence-corrected chi connectivity index (χ1v) is 9.15. The second kappa shape index (κ2) is 8.04. The second-order valence-corrected chi connectivity index (χ2v) is 7.02. The number of aromatic nitrogens is 1. The van der Waals surface area contributed by atoms with E-state index in [4.69, 9.17) is 0 Å². The van der Waals surface area contributed by atoms with Gasteiger partial charge in [-0.2, -0.15) is 0 Å². The molecule has 0 radical (unpaired) electrons. The van der Waals surface area contributed by atoms with Crippen molar-refractivity contribution in [2.24, 2.45) is 0 Å². The Labute approximate surface area is 160 Å². The standard InChI is InChI=1S/C23H25N3O/c1-15(2)18-10-12-19(13-11-18)25-22-20(9-6-14-24-22)23(27)26-21-16(3)7-5-8-17(21)4/h5-15H,1-4H3,(H,24,25)(H,26,27). The lowest BCUT2D eigenvalue weighted by molar-refractivity contribution is 0.102. The minimum Gasteiger partial charge on any atom is -0.340 e. The Morgan fingerprint density at radius 2 is 1.59 bits per heavy atom. The number of amides is 1. The van der Waals surface area contributed by atoms with Crippen LogP contribution >= 0.6 is 0 Å². The van der Waals surface area contributed by atoms with E-state index in [1.807, 2.05) is 44.2 Å². The minimum absolute atomic E-state index is 0.179.